The number of carbonyl (C=O) groups excluding carboxylic acids is 1. The summed E-state index contributed by atoms with van der Waals surface area (Å²) in [5.74, 6) is -2.10. The molecule has 1 N–H and O–H groups in total. The zero-order valence-electron chi connectivity index (χ0n) is 10.1. The Morgan fingerprint density at radius 3 is 2.58 bits per heavy atom. The minimum Gasteiger partial charge on any atom is -0.460 e. The van der Waals surface area contributed by atoms with Crippen LogP contribution in [-0.2, 0) is 16.1 Å². The smallest absolute Gasteiger partial charge is 0.393 e. The number of nitrogens with one attached hydrogen (secondary N) is 1. The zero-order chi connectivity index (χ0) is 13.9. The van der Waals surface area contributed by atoms with E-state index in [1.54, 1.807) is 24.3 Å². The molecule has 1 fully saturated rings. The predicted molar refractivity (Wildman–Crippen MR) is 62.2 cm³/mol. The molecule has 6 heteroatoms. The lowest BCUT2D eigenvalue weighted by atomic mass is 10.1. The van der Waals surface area contributed by atoms with E-state index in [1.165, 1.54) is 0 Å². The van der Waals surface area contributed by atoms with Crippen molar-refractivity contribution in [2.45, 2.75) is 25.2 Å². The minimum absolute atomic E-state index is 0.0779. The summed E-state index contributed by atoms with van der Waals surface area (Å²) >= 11 is 0. The van der Waals surface area contributed by atoms with Crippen molar-refractivity contribution in [2.24, 2.45) is 5.92 Å². The first-order valence-corrected chi connectivity index (χ1v) is 5.97. The van der Waals surface area contributed by atoms with Crippen molar-refractivity contribution < 1.29 is 22.7 Å². The van der Waals surface area contributed by atoms with E-state index in [0.29, 0.717) is 0 Å². The highest BCUT2D eigenvalue weighted by atomic mass is 19.4. The number of halogens is 3. The Kier molecular flexibility index (Phi) is 4.09. The molecule has 19 heavy (non-hydrogen) atoms. The first-order valence-electron chi connectivity index (χ1n) is 5.97. The van der Waals surface area contributed by atoms with Crippen LogP contribution in [0.25, 0.3) is 0 Å². The lowest BCUT2D eigenvalue weighted by Crippen LogP contribution is -2.32. The number of hydrogen-bond donors (Lipinski definition) is 1. The van der Waals surface area contributed by atoms with Crippen molar-refractivity contribution in [3.8, 4) is 0 Å². The van der Waals surface area contributed by atoms with E-state index in [2.05, 4.69) is 5.32 Å². The Morgan fingerprint density at radius 2 is 2.00 bits per heavy atom. The number of benzene rings is 1. The summed E-state index contributed by atoms with van der Waals surface area (Å²) in [7, 11) is 0. The molecule has 1 aliphatic rings. The lowest BCUT2D eigenvalue weighted by molar-refractivity contribution is -0.170. The number of ether oxygens (including phenoxy) is 1. The summed E-state index contributed by atoms with van der Waals surface area (Å²) < 4.78 is 42.4. The fourth-order valence-electron chi connectivity index (χ4n) is 1.99. The van der Waals surface area contributed by atoms with Gasteiger partial charge in [-0.2, -0.15) is 13.2 Å². The Labute approximate surface area is 108 Å². The van der Waals surface area contributed by atoms with Gasteiger partial charge < -0.3 is 10.1 Å². The van der Waals surface area contributed by atoms with Gasteiger partial charge in [-0.15, -0.1) is 0 Å². The molecule has 1 aromatic carbocycles. The molecule has 1 heterocycles. The summed E-state index contributed by atoms with van der Waals surface area (Å²) in [6.07, 6.45) is -4.52. The maximum atomic E-state index is 12.5. The summed E-state index contributed by atoms with van der Waals surface area (Å²) in [5.41, 5.74) is 0.807. The average Bonchev–Trinajstić information content (AvgIpc) is 2.87. The molecule has 104 valence electrons. The molecule has 2 rings (SSSR count). The van der Waals surface area contributed by atoms with Gasteiger partial charge in [0.25, 0.3) is 0 Å². The number of hydrogen-bond acceptors (Lipinski definition) is 3. The highest BCUT2D eigenvalue weighted by molar-refractivity contribution is 5.76. The van der Waals surface area contributed by atoms with Gasteiger partial charge in [0.05, 0.1) is 5.92 Å². The third-order valence-corrected chi connectivity index (χ3v) is 3.10. The van der Waals surface area contributed by atoms with E-state index in [4.69, 9.17) is 4.74 Å². The number of alkyl halides is 3. The molecule has 3 nitrogen and oxygen atoms in total. The van der Waals surface area contributed by atoms with Gasteiger partial charge in [-0.25, -0.2) is 0 Å². The third-order valence-electron chi connectivity index (χ3n) is 3.10. The van der Waals surface area contributed by atoms with Crippen LogP contribution >= 0.6 is 0 Å². The van der Waals surface area contributed by atoms with E-state index < -0.39 is 24.1 Å². The average molecular weight is 273 g/mol. The number of carbonyl (C=O) groups is 1. The maximum absolute atomic E-state index is 12.5. The van der Waals surface area contributed by atoms with Crippen LogP contribution in [0.4, 0.5) is 13.2 Å². The maximum Gasteiger partial charge on any atom is 0.393 e. The van der Waals surface area contributed by atoms with Gasteiger partial charge >= 0.3 is 12.1 Å². The van der Waals surface area contributed by atoms with Gasteiger partial charge in [0.15, 0.2) is 0 Å². The van der Waals surface area contributed by atoms with E-state index in [0.717, 1.165) is 5.56 Å². The van der Waals surface area contributed by atoms with Crippen LogP contribution in [0.15, 0.2) is 30.3 Å². The summed E-state index contributed by atoms with van der Waals surface area (Å²) in [4.78, 5) is 11.6. The summed E-state index contributed by atoms with van der Waals surface area (Å²) in [6, 6.07) is 8.14. The van der Waals surface area contributed by atoms with Gasteiger partial charge in [0.1, 0.15) is 12.6 Å². The Balaban J connectivity index is 1.82. The predicted octanol–water partition coefficient (Wildman–Crippen LogP) is 2.27. The standard InChI is InChI=1S/C13H14F3NO2/c14-13(15,16)10-6-11(17-7-10)12(18)19-8-9-4-2-1-3-5-9/h1-5,10-11,17H,6-8H2/t10-,11-/m0/s1. The molecule has 1 aromatic rings. The highest BCUT2D eigenvalue weighted by Crippen LogP contribution is 2.32. The monoisotopic (exact) mass is 273 g/mol. The quantitative estimate of drug-likeness (QED) is 0.859. The van der Waals surface area contributed by atoms with E-state index >= 15 is 0 Å². The van der Waals surface area contributed by atoms with Crippen LogP contribution in [0.5, 0.6) is 0 Å². The molecule has 0 aromatic heterocycles. The first kappa shape index (κ1) is 13.9. The fourth-order valence-corrected chi connectivity index (χ4v) is 1.99. The van der Waals surface area contributed by atoms with Crippen LogP contribution in [0.2, 0.25) is 0 Å². The molecule has 2 atom stereocenters. The van der Waals surface area contributed by atoms with Crippen LogP contribution in [-0.4, -0.2) is 24.7 Å². The molecule has 0 unspecified atom stereocenters. The molecule has 0 aliphatic carbocycles. The zero-order valence-corrected chi connectivity index (χ0v) is 10.1. The molecule has 1 aliphatic heterocycles. The van der Waals surface area contributed by atoms with Crippen LogP contribution < -0.4 is 5.32 Å². The van der Waals surface area contributed by atoms with Crippen molar-refractivity contribution >= 4 is 5.97 Å². The third kappa shape index (κ3) is 3.70. The minimum atomic E-state index is -4.26. The Bertz CT molecular complexity index is 433. The SMILES string of the molecule is O=C(OCc1ccccc1)[C@@H]1C[C@H](C(F)(F)F)CN1. The normalized spacial score (nSPS) is 23.3. The van der Waals surface area contributed by atoms with Crippen molar-refractivity contribution in [1.82, 2.24) is 5.32 Å². The molecule has 0 radical (unpaired) electrons. The second-order valence-electron chi connectivity index (χ2n) is 4.53. The fraction of sp³-hybridized carbons (Fsp3) is 0.462. The molecule has 0 amide bonds. The van der Waals surface area contributed by atoms with Crippen LogP contribution in [0, 0.1) is 5.92 Å². The van der Waals surface area contributed by atoms with E-state index in [-0.39, 0.29) is 19.6 Å². The molecule has 0 bridgehead atoms. The second kappa shape index (κ2) is 5.61. The number of rotatable bonds is 3. The van der Waals surface area contributed by atoms with Gasteiger partial charge in [-0.05, 0) is 12.0 Å². The Hall–Kier alpha value is -1.56. The van der Waals surface area contributed by atoms with Crippen LogP contribution in [0.3, 0.4) is 0 Å². The van der Waals surface area contributed by atoms with Crippen molar-refractivity contribution in [1.29, 1.82) is 0 Å². The van der Waals surface area contributed by atoms with Gasteiger partial charge in [0, 0.05) is 6.54 Å². The van der Waals surface area contributed by atoms with Gasteiger partial charge in [-0.3, -0.25) is 4.79 Å². The van der Waals surface area contributed by atoms with Crippen molar-refractivity contribution in [3.63, 3.8) is 0 Å². The molecular formula is C13H14F3NO2. The molecule has 1 saturated heterocycles. The second-order valence-corrected chi connectivity index (χ2v) is 4.53. The van der Waals surface area contributed by atoms with Gasteiger partial charge in [0.2, 0.25) is 0 Å². The Morgan fingerprint density at radius 1 is 1.32 bits per heavy atom. The summed E-state index contributed by atoms with van der Waals surface area (Å²) in [6.45, 7) is -0.150. The summed E-state index contributed by atoms with van der Waals surface area (Å²) in [5, 5.41) is 2.55. The van der Waals surface area contributed by atoms with Crippen LogP contribution in [0.1, 0.15) is 12.0 Å². The highest BCUT2D eigenvalue weighted by Gasteiger charge is 2.46. The van der Waals surface area contributed by atoms with E-state index in [9.17, 15) is 18.0 Å². The van der Waals surface area contributed by atoms with E-state index in [1.807, 2.05) is 6.07 Å². The number of esters is 1. The largest absolute Gasteiger partial charge is 0.460 e. The lowest BCUT2D eigenvalue weighted by Gasteiger charge is -2.13. The van der Waals surface area contributed by atoms with Crippen molar-refractivity contribution in [3.05, 3.63) is 35.9 Å². The topological polar surface area (TPSA) is 38.3 Å². The first-order chi connectivity index (χ1) is 8.97. The molecular weight excluding hydrogens is 259 g/mol. The molecule has 0 saturated carbocycles. The van der Waals surface area contributed by atoms with Gasteiger partial charge in [-0.1, -0.05) is 30.3 Å². The van der Waals surface area contributed by atoms with Crippen molar-refractivity contribution in [2.75, 3.05) is 6.54 Å². The molecule has 0 spiro atoms.